The molecule has 0 bridgehead atoms. The van der Waals surface area contributed by atoms with Gasteiger partial charge in [-0.15, -0.1) is 0 Å². The Hall–Kier alpha value is -1.42. The summed E-state index contributed by atoms with van der Waals surface area (Å²) < 4.78 is 16.9. The van der Waals surface area contributed by atoms with Crippen molar-refractivity contribution in [2.24, 2.45) is 11.7 Å². The van der Waals surface area contributed by atoms with Crippen molar-refractivity contribution < 1.29 is 4.39 Å². The molecule has 3 nitrogen and oxygen atoms in total. The minimum atomic E-state index is -1.39. The van der Waals surface area contributed by atoms with E-state index in [0.717, 1.165) is 23.4 Å². The van der Waals surface area contributed by atoms with Crippen LogP contribution in [-0.2, 0) is 13.0 Å². The fraction of sp³-hybridized carbons (Fsp3) is 0.533. The highest BCUT2D eigenvalue weighted by Crippen LogP contribution is 2.27. The van der Waals surface area contributed by atoms with E-state index in [1.165, 1.54) is 0 Å². The summed E-state index contributed by atoms with van der Waals surface area (Å²) in [6.07, 6.45) is 0.268. The molecule has 1 unspecified atom stereocenters. The number of fused-ring (bicyclic) bond motifs is 1. The van der Waals surface area contributed by atoms with E-state index in [0.29, 0.717) is 0 Å². The van der Waals surface area contributed by atoms with Crippen molar-refractivity contribution in [2.45, 2.75) is 39.4 Å². The van der Waals surface area contributed by atoms with Crippen molar-refractivity contribution in [2.75, 3.05) is 6.54 Å². The van der Waals surface area contributed by atoms with Gasteiger partial charge in [-0.1, -0.05) is 26.0 Å². The molecule has 1 aromatic carbocycles. The van der Waals surface area contributed by atoms with Gasteiger partial charge in [-0.25, -0.2) is 9.37 Å². The summed E-state index contributed by atoms with van der Waals surface area (Å²) in [5, 5.41) is 0. The Morgan fingerprint density at radius 2 is 2.05 bits per heavy atom. The molecule has 0 saturated carbocycles. The number of aromatic nitrogens is 2. The summed E-state index contributed by atoms with van der Waals surface area (Å²) in [5.74, 6) is 0.660. The molecule has 0 spiro atoms. The third-order valence-corrected chi connectivity index (χ3v) is 3.88. The lowest BCUT2D eigenvalue weighted by Crippen LogP contribution is -2.41. The van der Waals surface area contributed by atoms with Crippen molar-refractivity contribution in [3.8, 4) is 0 Å². The van der Waals surface area contributed by atoms with Crippen LogP contribution in [0.1, 0.15) is 26.6 Å². The molecule has 0 aliphatic heterocycles. The van der Waals surface area contributed by atoms with Crippen LogP contribution in [0.2, 0.25) is 0 Å². The first-order chi connectivity index (χ1) is 9.01. The second-order valence-electron chi connectivity index (χ2n) is 5.33. The summed E-state index contributed by atoms with van der Waals surface area (Å²) in [4.78, 5) is 4.57. The highest BCUT2D eigenvalue weighted by atomic mass is 19.1. The molecule has 0 aliphatic carbocycles. The molecule has 19 heavy (non-hydrogen) atoms. The Balaban J connectivity index is 2.45. The quantitative estimate of drug-likeness (QED) is 0.901. The minimum absolute atomic E-state index is 0.0254. The molecule has 0 fully saturated rings. The topological polar surface area (TPSA) is 43.8 Å². The Morgan fingerprint density at radius 3 is 2.63 bits per heavy atom. The molecule has 104 valence electrons. The van der Waals surface area contributed by atoms with Crippen LogP contribution in [-0.4, -0.2) is 21.8 Å². The predicted octanol–water partition coefficient (Wildman–Crippen LogP) is 2.92. The van der Waals surface area contributed by atoms with Crippen molar-refractivity contribution in [1.82, 2.24) is 9.55 Å². The second kappa shape index (κ2) is 5.29. The number of hydrogen-bond acceptors (Lipinski definition) is 2. The smallest absolute Gasteiger partial charge is 0.132 e. The first-order valence-electron chi connectivity index (χ1n) is 6.85. The van der Waals surface area contributed by atoms with Crippen LogP contribution in [0.5, 0.6) is 0 Å². The van der Waals surface area contributed by atoms with Gasteiger partial charge < -0.3 is 10.3 Å². The summed E-state index contributed by atoms with van der Waals surface area (Å²) in [6.45, 7) is 6.60. The maximum absolute atomic E-state index is 14.8. The first kappa shape index (κ1) is 14.0. The van der Waals surface area contributed by atoms with E-state index >= 15 is 0 Å². The van der Waals surface area contributed by atoms with Gasteiger partial charge >= 0.3 is 0 Å². The molecule has 0 saturated heterocycles. The molecule has 2 aromatic rings. The first-order valence-corrected chi connectivity index (χ1v) is 6.85. The lowest BCUT2D eigenvalue weighted by molar-refractivity contribution is 0.107. The number of imidazole rings is 1. The summed E-state index contributed by atoms with van der Waals surface area (Å²) in [7, 11) is 0. The average molecular weight is 263 g/mol. The van der Waals surface area contributed by atoms with Crippen LogP contribution in [0.15, 0.2) is 24.3 Å². The zero-order valence-electron chi connectivity index (χ0n) is 11.9. The molecular weight excluding hydrogens is 241 g/mol. The van der Waals surface area contributed by atoms with E-state index < -0.39 is 5.67 Å². The third kappa shape index (κ3) is 2.50. The molecule has 4 heteroatoms. The number of alkyl halides is 1. The summed E-state index contributed by atoms with van der Waals surface area (Å²) in [5.41, 5.74) is 6.21. The van der Waals surface area contributed by atoms with Crippen molar-refractivity contribution in [1.29, 1.82) is 0 Å². The van der Waals surface area contributed by atoms with E-state index in [1.54, 1.807) is 0 Å². The Morgan fingerprint density at radius 1 is 1.37 bits per heavy atom. The number of hydrogen-bond donors (Lipinski definition) is 1. The van der Waals surface area contributed by atoms with E-state index in [2.05, 4.69) is 16.5 Å². The fourth-order valence-electron chi connectivity index (χ4n) is 2.39. The Labute approximate surface area is 113 Å². The normalized spacial score (nSPS) is 15.1. The number of para-hydroxylation sites is 2. The van der Waals surface area contributed by atoms with Gasteiger partial charge in [-0.3, -0.25) is 0 Å². The Bertz CT molecular complexity index is 562. The molecule has 0 aliphatic rings. The third-order valence-electron chi connectivity index (χ3n) is 3.88. The lowest BCUT2D eigenvalue weighted by atomic mass is 9.89. The number of nitrogens with zero attached hydrogens (tertiary/aromatic N) is 2. The highest BCUT2D eigenvalue weighted by molar-refractivity contribution is 5.75. The summed E-state index contributed by atoms with van der Waals surface area (Å²) in [6, 6.07) is 7.91. The van der Waals surface area contributed by atoms with Gasteiger partial charge in [0.05, 0.1) is 11.0 Å². The molecule has 1 atom stereocenters. The van der Waals surface area contributed by atoms with Gasteiger partial charge in [0.15, 0.2) is 0 Å². The minimum Gasteiger partial charge on any atom is -0.328 e. The number of halogens is 1. The van der Waals surface area contributed by atoms with E-state index in [1.807, 2.05) is 38.1 Å². The van der Waals surface area contributed by atoms with E-state index in [4.69, 9.17) is 5.73 Å². The maximum Gasteiger partial charge on any atom is 0.132 e. The monoisotopic (exact) mass is 263 g/mol. The largest absolute Gasteiger partial charge is 0.328 e. The molecule has 0 radical (unpaired) electrons. The summed E-state index contributed by atoms with van der Waals surface area (Å²) >= 11 is 0. The van der Waals surface area contributed by atoms with Crippen LogP contribution >= 0.6 is 0 Å². The van der Waals surface area contributed by atoms with Crippen molar-refractivity contribution >= 4 is 11.0 Å². The number of nitrogens with two attached hydrogens (primary N) is 1. The number of benzene rings is 1. The molecule has 0 amide bonds. The van der Waals surface area contributed by atoms with E-state index in [9.17, 15) is 4.39 Å². The van der Waals surface area contributed by atoms with Crippen LogP contribution < -0.4 is 5.73 Å². The molecule has 1 heterocycles. The van der Waals surface area contributed by atoms with Gasteiger partial charge in [0, 0.05) is 19.5 Å². The van der Waals surface area contributed by atoms with Crippen LogP contribution in [0.4, 0.5) is 4.39 Å². The lowest BCUT2D eigenvalue weighted by Gasteiger charge is -2.27. The predicted molar refractivity (Wildman–Crippen MR) is 76.8 cm³/mol. The van der Waals surface area contributed by atoms with Gasteiger partial charge in [-0.2, -0.15) is 0 Å². The zero-order chi connectivity index (χ0) is 14.0. The maximum atomic E-state index is 14.8. The molecule has 2 rings (SSSR count). The van der Waals surface area contributed by atoms with Crippen molar-refractivity contribution in [3.05, 3.63) is 30.1 Å². The Kier molecular flexibility index (Phi) is 3.90. The van der Waals surface area contributed by atoms with Crippen LogP contribution in [0, 0.1) is 5.92 Å². The SMILES string of the molecule is CCn1c(CC(F)(CN)C(C)C)nc2ccccc21. The standard InChI is InChI=1S/C15H22FN3/c1-4-19-13-8-6-5-7-12(13)18-14(19)9-15(16,10-17)11(2)3/h5-8,11H,4,9-10,17H2,1-3H3. The number of aryl methyl sites for hydroxylation is 1. The molecule has 2 N–H and O–H groups in total. The highest BCUT2D eigenvalue weighted by Gasteiger charge is 2.34. The number of rotatable bonds is 5. The average Bonchev–Trinajstić information content (AvgIpc) is 2.75. The van der Waals surface area contributed by atoms with Crippen LogP contribution in [0.25, 0.3) is 11.0 Å². The fourth-order valence-corrected chi connectivity index (χ4v) is 2.39. The van der Waals surface area contributed by atoms with Gasteiger partial charge in [-0.05, 0) is 25.0 Å². The molecule has 1 aromatic heterocycles. The van der Waals surface area contributed by atoms with Gasteiger partial charge in [0.1, 0.15) is 11.5 Å². The zero-order valence-corrected chi connectivity index (χ0v) is 11.9. The van der Waals surface area contributed by atoms with Crippen LogP contribution in [0.3, 0.4) is 0 Å². The van der Waals surface area contributed by atoms with Gasteiger partial charge in [0.25, 0.3) is 0 Å². The van der Waals surface area contributed by atoms with Gasteiger partial charge in [0.2, 0.25) is 0 Å². The van der Waals surface area contributed by atoms with Crippen molar-refractivity contribution in [3.63, 3.8) is 0 Å². The second-order valence-corrected chi connectivity index (χ2v) is 5.33. The molecular formula is C15H22FN3. The van der Waals surface area contributed by atoms with E-state index in [-0.39, 0.29) is 18.9 Å².